The third-order valence-electron chi connectivity index (χ3n) is 4.18. The maximum absolute atomic E-state index is 12.4. The van der Waals surface area contributed by atoms with Gasteiger partial charge in [0, 0.05) is 31.4 Å². The Morgan fingerprint density at radius 3 is 2.42 bits per heavy atom. The minimum atomic E-state index is -0.0601. The first-order valence-corrected chi connectivity index (χ1v) is 9.30. The molecule has 1 N–H and O–H groups in total. The number of ether oxygens (including phenoxy) is 1. The van der Waals surface area contributed by atoms with Crippen molar-refractivity contribution in [2.45, 2.75) is 33.1 Å². The van der Waals surface area contributed by atoms with Crippen LogP contribution in [0.5, 0.6) is 5.75 Å². The van der Waals surface area contributed by atoms with Crippen molar-refractivity contribution in [3.05, 3.63) is 53.7 Å². The lowest BCUT2D eigenvalue weighted by atomic mass is 10.1. The van der Waals surface area contributed by atoms with Gasteiger partial charge in [0.15, 0.2) is 0 Å². The van der Waals surface area contributed by atoms with Gasteiger partial charge in [0.05, 0.1) is 7.11 Å². The zero-order valence-electron chi connectivity index (χ0n) is 16.0. The molecule has 1 heterocycles. The summed E-state index contributed by atoms with van der Waals surface area (Å²) in [6, 6.07) is 11.5. The highest BCUT2D eigenvalue weighted by Gasteiger charge is 2.10. The van der Waals surface area contributed by atoms with Gasteiger partial charge >= 0.3 is 0 Å². The normalized spacial score (nSPS) is 10.4. The van der Waals surface area contributed by atoms with Crippen LogP contribution in [0.25, 0.3) is 0 Å². The van der Waals surface area contributed by atoms with E-state index in [9.17, 15) is 4.79 Å². The molecule has 0 bridgehead atoms. The maximum Gasteiger partial charge on any atom is 0.251 e. The number of amides is 1. The quantitative estimate of drug-likeness (QED) is 0.706. The molecule has 0 saturated heterocycles. The van der Waals surface area contributed by atoms with Crippen LogP contribution in [0.3, 0.4) is 0 Å². The number of pyridine rings is 1. The van der Waals surface area contributed by atoms with E-state index >= 15 is 0 Å². The van der Waals surface area contributed by atoms with E-state index in [1.165, 1.54) is 5.56 Å². The number of carbonyl (C=O) groups excluding carboxylic acids is 1. The second-order valence-electron chi connectivity index (χ2n) is 6.24. The minimum absolute atomic E-state index is 0.0601. The second-order valence-corrected chi connectivity index (χ2v) is 6.24. The summed E-state index contributed by atoms with van der Waals surface area (Å²) in [5.41, 5.74) is 1.82. The average molecular weight is 355 g/mol. The van der Waals surface area contributed by atoms with Gasteiger partial charge in [0.25, 0.3) is 5.91 Å². The van der Waals surface area contributed by atoms with Crippen molar-refractivity contribution in [2.75, 3.05) is 31.6 Å². The number of rotatable bonds is 10. The summed E-state index contributed by atoms with van der Waals surface area (Å²) >= 11 is 0. The lowest BCUT2D eigenvalue weighted by molar-refractivity contribution is 0.0954. The standard InChI is InChI=1S/C21H29N3O2/c1-4-14-24(15-5-2)20-16-18(11-13-22-20)21(25)23-12-10-17-6-8-19(26-3)9-7-17/h6-9,11,13,16H,4-5,10,12,14-15H2,1-3H3,(H,23,25). The number of hydrogen-bond donors (Lipinski definition) is 1. The molecule has 1 amide bonds. The van der Waals surface area contributed by atoms with Gasteiger partial charge in [-0.1, -0.05) is 26.0 Å². The number of carbonyl (C=O) groups is 1. The van der Waals surface area contributed by atoms with Gasteiger partial charge in [0.2, 0.25) is 0 Å². The zero-order valence-corrected chi connectivity index (χ0v) is 16.0. The maximum atomic E-state index is 12.4. The van der Waals surface area contributed by atoms with E-state index in [0.717, 1.165) is 43.9 Å². The third-order valence-corrected chi connectivity index (χ3v) is 4.18. The molecule has 0 aliphatic carbocycles. The average Bonchev–Trinajstić information content (AvgIpc) is 2.68. The van der Waals surface area contributed by atoms with Crippen molar-refractivity contribution < 1.29 is 9.53 Å². The molecular weight excluding hydrogens is 326 g/mol. The van der Waals surface area contributed by atoms with E-state index in [0.29, 0.717) is 12.1 Å². The van der Waals surface area contributed by atoms with E-state index in [-0.39, 0.29) is 5.91 Å². The molecule has 0 radical (unpaired) electrons. The molecular formula is C21H29N3O2. The summed E-state index contributed by atoms with van der Waals surface area (Å²) in [5, 5.41) is 2.99. The Morgan fingerprint density at radius 1 is 1.12 bits per heavy atom. The van der Waals surface area contributed by atoms with Crippen LogP contribution in [0.2, 0.25) is 0 Å². The number of nitrogens with one attached hydrogen (secondary N) is 1. The molecule has 0 atom stereocenters. The van der Waals surface area contributed by atoms with Crippen LogP contribution in [0, 0.1) is 0 Å². The minimum Gasteiger partial charge on any atom is -0.497 e. The lowest BCUT2D eigenvalue weighted by Crippen LogP contribution is -2.28. The highest BCUT2D eigenvalue weighted by Crippen LogP contribution is 2.14. The van der Waals surface area contributed by atoms with E-state index in [2.05, 4.69) is 29.0 Å². The number of anilines is 1. The smallest absolute Gasteiger partial charge is 0.251 e. The fraction of sp³-hybridized carbons (Fsp3) is 0.429. The highest BCUT2D eigenvalue weighted by atomic mass is 16.5. The molecule has 0 saturated carbocycles. The van der Waals surface area contributed by atoms with Gasteiger partial charge in [-0.3, -0.25) is 4.79 Å². The lowest BCUT2D eigenvalue weighted by Gasteiger charge is -2.22. The van der Waals surface area contributed by atoms with Crippen molar-refractivity contribution in [2.24, 2.45) is 0 Å². The molecule has 0 aliphatic heterocycles. The van der Waals surface area contributed by atoms with Crippen LogP contribution in [0.4, 0.5) is 5.82 Å². The fourth-order valence-electron chi connectivity index (χ4n) is 2.83. The molecule has 0 aliphatic rings. The van der Waals surface area contributed by atoms with Gasteiger partial charge in [-0.2, -0.15) is 0 Å². The van der Waals surface area contributed by atoms with Crippen molar-refractivity contribution in [1.29, 1.82) is 0 Å². The number of aromatic nitrogens is 1. The van der Waals surface area contributed by atoms with Crippen LogP contribution in [0.15, 0.2) is 42.6 Å². The largest absolute Gasteiger partial charge is 0.497 e. The van der Waals surface area contributed by atoms with Crippen LogP contribution in [-0.2, 0) is 6.42 Å². The van der Waals surface area contributed by atoms with Crippen molar-refractivity contribution >= 4 is 11.7 Å². The van der Waals surface area contributed by atoms with E-state index in [1.807, 2.05) is 30.3 Å². The Hall–Kier alpha value is -2.56. The summed E-state index contributed by atoms with van der Waals surface area (Å²) in [7, 11) is 1.65. The topological polar surface area (TPSA) is 54.5 Å². The first-order chi connectivity index (χ1) is 12.7. The first-order valence-electron chi connectivity index (χ1n) is 9.30. The molecule has 0 spiro atoms. The third kappa shape index (κ3) is 5.76. The van der Waals surface area contributed by atoms with E-state index < -0.39 is 0 Å². The predicted molar refractivity (Wildman–Crippen MR) is 106 cm³/mol. The van der Waals surface area contributed by atoms with Crippen LogP contribution in [0.1, 0.15) is 42.6 Å². The zero-order chi connectivity index (χ0) is 18.8. The molecule has 0 fully saturated rings. The van der Waals surface area contributed by atoms with Crippen molar-refractivity contribution in [3.8, 4) is 5.75 Å². The molecule has 5 heteroatoms. The van der Waals surface area contributed by atoms with E-state index in [4.69, 9.17) is 4.74 Å². The summed E-state index contributed by atoms with van der Waals surface area (Å²) in [6.07, 6.45) is 4.61. The molecule has 1 aromatic heterocycles. The number of nitrogens with zero attached hydrogens (tertiary/aromatic N) is 2. The van der Waals surface area contributed by atoms with Gasteiger partial charge < -0.3 is 15.0 Å². The van der Waals surface area contributed by atoms with Gasteiger partial charge in [-0.05, 0) is 49.1 Å². The van der Waals surface area contributed by atoms with Gasteiger partial charge in [-0.15, -0.1) is 0 Å². The monoisotopic (exact) mass is 355 g/mol. The van der Waals surface area contributed by atoms with Crippen LogP contribution in [-0.4, -0.2) is 37.6 Å². The number of benzene rings is 1. The Balaban J connectivity index is 1.92. The SMILES string of the molecule is CCCN(CCC)c1cc(C(=O)NCCc2ccc(OC)cc2)ccn1. The van der Waals surface area contributed by atoms with Gasteiger partial charge in [-0.25, -0.2) is 4.98 Å². The molecule has 26 heavy (non-hydrogen) atoms. The predicted octanol–water partition coefficient (Wildman–Crippen LogP) is 3.69. The molecule has 2 rings (SSSR count). The van der Waals surface area contributed by atoms with Crippen molar-refractivity contribution in [3.63, 3.8) is 0 Å². The second kappa shape index (κ2) is 10.4. The number of hydrogen-bond acceptors (Lipinski definition) is 4. The first kappa shape index (κ1) is 19.8. The molecule has 1 aromatic carbocycles. The van der Waals surface area contributed by atoms with Crippen molar-refractivity contribution in [1.82, 2.24) is 10.3 Å². The summed E-state index contributed by atoms with van der Waals surface area (Å²) in [5.74, 6) is 1.65. The van der Waals surface area contributed by atoms with Crippen LogP contribution < -0.4 is 15.0 Å². The number of methoxy groups -OCH3 is 1. The van der Waals surface area contributed by atoms with Gasteiger partial charge in [0.1, 0.15) is 11.6 Å². The van der Waals surface area contributed by atoms with Crippen LogP contribution >= 0.6 is 0 Å². The molecule has 2 aromatic rings. The highest BCUT2D eigenvalue weighted by molar-refractivity contribution is 5.94. The summed E-state index contributed by atoms with van der Waals surface area (Å²) in [6.45, 7) is 6.79. The fourth-order valence-corrected chi connectivity index (χ4v) is 2.83. The Morgan fingerprint density at radius 2 is 1.81 bits per heavy atom. The molecule has 5 nitrogen and oxygen atoms in total. The van der Waals surface area contributed by atoms with E-state index in [1.54, 1.807) is 19.4 Å². The Bertz CT molecular complexity index is 680. The molecule has 140 valence electrons. The summed E-state index contributed by atoms with van der Waals surface area (Å²) in [4.78, 5) is 19.1. The summed E-state index contributed by atoms with van der Waals surface area (Å²) < 4.78 is 5.16. The Labute approximate surface area is 156 Å². The molecule has 0 unspecified atom stereocenters. The Kier molecular flexibility index (Phi) is 7.93.